The maximum atomic E-state index is 14.0. The van der Waals surface area contributed by atoms with Crippen molar-refractivity contribution in [3.63, 3.8) is 0 Å². The van der Waals surface area contributed by atoms with Crippen molar-refractivity contribution in [3.05, 3.63) is 62.8 Å². The highest BCUT2D eigenvalue weighted by Crippen LogP contribution is 2.52. The predicted molar refractivity (Wildman–Crippen MR) is 213 cm³/mol. The third-order valence-corrected chi connectivity index (χ3v) is 13.1. The molecule has 2 saturated heterocycles. The van der Waals surface area contributed by atoms with E-state index in [0.717, 1.165) is 16.7 Å². The second kappa shape index (κ2) is 17.8. The van der Waals surface area contributed by atoms with Crippen LogP contribution >= 0.6 is 11.8 Å². The quantitative estimate of drug-likeness (QED) is 0.0744. The van der Waals surface area contributed by atoms with Crippen LogP contribution in [-0.4, -0.2) is 155 Å². The van der Waals surface area contributed by atoms with Gasteiger partial charge in [-0.05, 0) is 19.4 Å². The Hall–Kier alpha value is -6.11. The molecule has 3 aliphatic heterocycles. The van der Waals surface area contributed by atoms with Gasteiger partial charge in [-0.25, -0.2) is 9.59 Å². The number of Topliss-reactive ketones (excluding diaryl/α,β-unsaturated/α-hetero) is 1. The van der Waals surface area contributed by atoms with E-state index in [1.807, 2.05) is 0 Å². The Morgan fingerprint density at radius 3 is 2.39 bits per heavy atom. The minimum Gasteiger partial charge on any atom is -0.507 e. The number of carbonyl (C=O) groups is 8. The van der Waals surface area contributed by atoms with Crippen molar-refractivity contribution < 1.29 is 93.0 Å². The van der Waals surface area contributed by atoms with Gasteiger partial charge in [-0.2, -0.15) is 0 Å². The number of alkyl carbamates (subject to hydrolysis) is 1. The van der Waals surface area contributed by atoms with Gasteiger partial charge in [0.1, 0.15) is 59.3 Å². The Morgan fingerprint density at radius 1 is 1.00 bits per heavy atom. The molecule has 23 heteroatoms. The van der Waals surface area contributed by atoms with Crippen LogP contribution in [-0.2, 0) is 44.6 Å². The lowest BCUT2D eigenvalue weighted by Gasteiger charge is -2.49. The van der Waals surface area contributed by atoms with Gasteiger partial charge in [0.15, 0.2) is 17.9 Å². The van der Waals surface area contributed by atoms with E-state index in [9.17, 15) is 69.0 Å². The largest absolute Gasteiger partial charge is 0.507 e. The van der Waals surface area contributed by atoms with Crippen LogP contribution < -0.4 is 15.4 Å². The average Bonchev–Trinajstić information content (AvgIpc) is 3.25. The van der Waals surface area contributed by atoms with E-state index in [4.69, 9.17) is 24.1 Å². The van der Waals surface area contributed by atoms with Crippen LogP contribution in [0.4, 0.5) is 4.79 Å². The number of aliphatic hydroxyl groups is 3. The van der Waals surface area contributed by atoms with Crippen molar-refractivity contribution in [2.75, 3.05) is 26.1 Å². The molecule has 2 aliphatic carbocycles. The number of carbonyl (C=O) groups excluding carboxylic acids is 6. The Bertz CT molecular complexity index is 2400. The van der Waals surface area contributed by atoms with Gasteiger partial charge >= 0.3 is 18.0 Å². The van der Waals surface area contributed by atoms with Gasteiger partial charge in [0.25, 0.3) is 5.91 Å². The van der Waals surface area contributed by atoms with Crippen LogP contribution in [0.5, 0.6) is 17.2 Å². The van der Waals surface area contributed by atoms with Crippen LogP contribution in [0, 0.1) is 0 Å². The predicted octanol–water partition coefficient (Wildman–Crippen LogP) is -0.238. The maximum Gasteiger partial charge on any atom is 0.407 e. The minimum absolute atomic E-state index is 0.00903. The molecule has 3 heterocycles. The zero-order valence-corrected chi connectivity index (χ0v) is 34.8. The summed E-state index contributed by atoms with van der Waals surface area (Å²) in [4.78, 5) is 103. The minimum atomic E-state index is -2.44. The number of nitrogens with zero attached hydrogens (tertiary/aromatic N) is 1. The first-order valence-corrected chi connectivity index (χ1v) is 20.9. The molecule has 8 atom stereocenters. The Labute approximate surface area is 366 Å². The van der Waals surface area contributed by atoms with Gasteiger partial charge in [-0.15, -0.1) is 11.8 Å². The number of aromatic hydroxyl groups is 2. The maximum absolute atomic E-state index is 14.0. The zero-order chi connectivity index (χ0) is 46.5. The molecular weight excluding hydrogens is 871 g/mol. The van der Waals surface area contributed by atoms with Gasteiger partial charge in [-0.1, -0.05) is 12.1 Å². The fourth-order valence-electron chi connectivity index (χ4n) is 8.64. The number of β-lactam (4-membered cyclic amide) rings is 1. The summed E-state index contributed by atoms with van der Waals surface area (Å²) >= 11 is 1.10. The highest BCUT2D eigenvalue weighted by atomic mass is 32.2. The van der Waals surface area contributed by atoms with E-state index in [2.05, 4.69) is 10.6 Å². The molecule has 342 valence electrons. The number of carboxylic acids is 2. The SMILES string of the molecule is COc1cccc2c1C(=O)c1c(O)c3c(c(O)c1C2=O)C[C@@](O)(C(=O)CO)C[C@@H]3O[C@H]1C[C@H](NC(=O)OCC2=C(C(=O)O)N3C(=O)[C@@H](NC(=O)CCCC(=O)O)C3SC2)[C@H](O)[C@H](C)O1. The fraction of sp³-hybridized carbons (Fsp3) is 0.463. The number of amides is 3. The Kier molecular flexibility index (Phi) is 12.8. The third-order valence-electron chi connectivity index (χ3n) is 11.8. The van der Waals surface area contributed by atoms with Crippen LogP contribution in [0.2, 0.25) is 0 Å². The molecule has 0 bridgehead atoms. The number of ether oxygens (including phenoxy) is 4. The molecule has 5 aliphatic rings. The molecule has 2 aromatic rings. The summed E-state index contributed by atoms with van der Waals surface area (Å²) in [6.07, 6.45) is -8.75. The van der Waals surface area contributed by atoms with Gasteiger partial charge in [0, 0.05) is 60.1 Å². The van der Waals surface area contributed by atoms with Crippen LogP contribution in [0.1, 0.15) is 88.1 Å². The lowest BCUT2D eigenvalue weighted by atomic mass is 9.72. The summed E-state index contributed by atoms with van der Waals surface area (Å²) in [5.74, 6) is -8.41. The van der Waals surface area contributed by atoms with Crippen molar-refractivity contribution in [2.24, 2.45) is 0 Å². The molecule has 0 aromatic heterocycles. The number of ketones is 3. The summed E-state index contributed by atoms with van der Waals surface area (Å²) in [5, 5.41) is 78.8. The summed E-state index contributed by atoms with van der Waals surface area (Å²) in [5.41, 5.74) is -4.98. The van der Waals surface area contributed by atoms with Crippen molar-refractivity contribution in [3.8, 4) is 17.2 Å². The average molecular weight is 914 g/mol. The molecule has 2 fully saturated rings. The number of fused-ring (bicyclic) bond motifs is 4. The number of phenolic OH excluding ortho intramolecular Hbond substituents is 2. The standard InChI is InChI=1S/C41H43N3O19S/c1-15-32(50)19(42-40(58)61-13-16-14-64-38-30(37(55)44(38)31(16)39(56)57)43-23(47)7-4-8-24(48)49)9-25(62-15)63-21-11-41(59,22(46)12-45)10-18-27(21)36(54)29-28(34(18)52)33(51)17-5-3-6-20(60-2)26(17)35(29)53/h3,5-6,15,19,21,25,30,32,38,45,50,52,54,59H,4,7-14H2,1-2H3,(H,42,58)(H,43,47)(H,48,49)(H,56,57)/t15-,19-,21-,25-,30+,32+,38?,41-/m0/s1. The number of methoxy groups -OCH3 is 1. The topological polar surface area (TPSA) is 342 Å². The van der Waals surface area contributed by atoms with Crippen LogP contribution in [0.3, 0.4) is 0 Å². The Morgan fingerprint density at radius 2 is 1.72 bits per heavy atom. The van der Waals surface area contributed by atoms with Crippen molar-refractivity contribution in [1.29, 1.82) is 0 Å². The third kappa shape index (κ3) is 8.13. The lowest BCUT2D eigenvalue weighted by molar-refractivity contribution is -0.249. The van der Waals surface area contributed by atoms with E-state index >= 15 is 0 Å². The molecule has 9 N–H and O–H groups in total. The number of carboxylic acid groups (broad SMARTS) is 2. The number of aliphatic hydroxyl groups excluding tert-OH is 2. The molecule has 0 spiro atoms. The summed E-state index contributed by atoms with van der Waals surface area (Å²) in [6.45, 7) is -0.337. The number of nitrogens with one attached hydrogen (secondary N) is 2. The summed E-state index contributed by atoms with van der Waals surface area (Å²) < 4.78 is 22.7. The van der Waals surface area contributed by atoms with Gasteiger partial charge in [0.2, 0.25) is 11.7 Å². The molecule has 2 aromatic carbocycles. The molecule has 1 unspecified atom stereocenters. The first-order valence-electron chi connectivity index (χ1n) is 19.9. The highest BCUT2D eigenvalue weighted by Gasteiger charge is 2.55. The van der Waals surface area contributed by atoms with E-state index in [1.165, 1.54) is 32.2 Å². The number of hydrogen-bond acceptors (Lipinski definition) is 18. The van der Waals surface area contributed by atoms with Gasteiger partial charge in [-0.3, -0.25) is 33.7 Å². The normalized spacial score (nSPS) is 27.0. The molecule has 64 heavy (non-hydrogen) atoms. The van der Waals surface area contributed by atoms with Gasteiger partial charge in [0.05, 0.1) is 42.0 Å². The van der Waals surface area contributed by atoms with Crippen LogP contribution in [0.15, 0.2) is 29.5 Å². The van der Waals surface area contributed by atoms with E-state index < -0.39 is 149 Å². The molecule has 7 rings (SSSR count). The Balaban J connectivity index is 1.08. The first kappa shape index (κ1) is 45.9. The molecule has 22 nitrogen and oxygen atoms in total. The number of thioether (sulfide) groups is 1. The number of phenols is 2. The molecule has 0 radical (unpaired) electrons. The first-order chi connectivity index (χ1) is 30.3. The van der Waals surface area contributed by atoms with E-state index in [-0.39, 0.29) is 65.0 Å². The number of benzene rings is 2. The molecular formula is C41H43N3O19S. The van der Waals surface area contributed by atoms with Crippen molar-refractivity contribution >= 4 is 59.0 Å². The van der Waals surface area contributed by atoms with Gasteiger partial charge < -0.3 is 65.3 Å². The smallest absolute Gasteiger partial charge is 0.407 e. The zero-order valence-electron chi connectivity index (χ0n) is 34.0. The van der Waals surface area contributed by atoms with Crippen molar-refractivity contribution in [1.82, 2.24) is 15.5 Å². The molecule has 0 saturated carbocycles. The van der Waals surface area contributed by atoms with E-state index in [0.29, 0.717) is 0 Å². The monoisotopic (exact) mass is 913 g/mol. The molecule has 3 amide bonds. The van der Waals surface area contributed by atoms with Crippen LogP contribution in [0.25, 0.3) is 0 Å². The van der Waals surface area contributed by atoms with E-state index in [1.54, 1.807) is 0 Å². The second-order valence-electron chi connectivity index (χ2n) is 15.8. The fourth-order valence-corrected chi connectivity index (χ4v) is 9.97. The second-order valence-corrected chi connectivity index (χ2v) is 16.9. The summed E-state index contributed by atoms with van der Waals surface area (Å²) in [7, 11) is 1.27. The highest BCUT2D eigenvalue weighted by molar-refractivity contribution is 8.00. The summed E-state index contributed by atoms with van der Waals surface area (Å²) in [6, 6.07) is 1.93. The van der Waals surface area contributed by atoms with Crippen molar-refractivity contribution in [2.45, 2.75) is 93.1 Å². The number of hydrogen-bond donors (Lipinski definition) is 9. The number of rotatable bonds is 14. The number of aliphatic carboxylic acids is 2. The lowest BCUT2D eigenvalue weighted by Crippen LogP contribution is -2.70.